The fourth-order valence-electron chi connectivity index (χ4n) is 5.83. The van der Waals surface area contributed by atoms with Gasteiger partial charge in [-0.3, -0.25) is 32.5 Å². The van der Waals surface area contributed by atoms with Crippen LogP contribution in [0.2, 0.25) is 0 Å². The minimum absolute atomic E-state index is 0.0297. The van der Waals surface area contributed by atoms with E-state index in [2.05, 4.69) is 67.3 Å². The second-order valence-corrected chi connectivity index (χ2v) is 21.0. The number of phosphoric acid groups is 3. The van der Waals surface area contributed by atoms with Gasteiger partial charge in [0.25, 0.3) is 0 Å². The Morgan fingerprint density at radius 3 is 2.28 bits per heavy atom. The average Bonchev–Trinajstić information content (AvgIpc) is 3.74. The van der Waals surface area contributed by atoms with Crippen molar-refractivity contribution in [2.24, 2.45) is 5.41 Å². The number of nitrogens with one attached hydrogen (secondary N) is 2. The molecule has 7 atom stereocenters. The van der Waals surface area contributed by atoms with Gasteiger partial charge >= 0.3 is 23.5 Å². The van der Waals surface area contributed by atoms with Gasteiger partial charge in [0, 0.05) is 30.7 Å². The molecule has 3 heterocycles. The van der Waals surface area contributed by atoms with Crippen LogP contribution >= 0.6 is 35.2 Å². The normalized spacial score (nSPS) is 20.9. The number of nitrogen functional groups attached to an aromatic ring is 1. The van der Waals surface area contributed by atoms with E-state index >= 15 is 0 Å². The molecule has 10 N–H and O–H groups in total. The monoisotopic (exact) mass is 985 g/mol. The number of hydrogen-bond donors (Lipinski definition) is 9. The predicted molar refractivity (Wildman–Crippen MR) is 233 cm³/mol. The lowest BCUT2D eigenvalue weighted by molar-refractivity contribution is -0.137. The number of carbonyl (C=O) groups excluding carboxylic acids is 3. The number of aliphatic hydroxyl groups excluding tert-OH is 2. The van der Waals surface area contributed by atoms with Crippen molar-refractivity contribution >= 4 is 69.1 Å². The summed E-state index contributed by atoms with van der Waals surface area (Å²) in [4.78, 5) is 88.4. The number of rotatable bonds is 26. The van der Waals surface area contributed by atoms with Crippen molar-refractivity contribution in [3.8, 4) is 0 Å². The lowest BCUT2D eigenvalue weighted by Crippen LogP contribution is -2.46. The van der Waals surface area contributed by atoms with Gasteiger partial charge in [0.15, 0.2) is 17.7 Å². The van der Waals surface area contributed by atoms with Crippen molar-refractivity contribution in [1.29, 1.82) is 0 Å². The van der Waals surface area contributed by atoms with Crippen molar-refractivity contribution in [3.63, 3.8) is 0 Å². The smallest absolute Gasteiger partial charge is 0.386 e. The first-order valence-corrected chi connectivity index (χ1v) is 25.2. The zero-order valence-electron chi connectivity index (χ0n) is 36.1. The second kappa shape index (κ2) is 24.5. The quantitative estimate of drug-likeness (QED) is 0.0283. The number of hydrogen-bond acceptors (Lipinski definition) is 18. The number of anilines is 1. The molecule has 28 heteroatoms. The molecule has 0 spiro atoms. The Balaban J connectivity index is 1.41. The van der Waals surface area contributed by atoms with Crippen molar-refractivity contribution in [3.05, 3.63) is 47.6 Å². The van der Waals surface area contributed by atoms with Gasteiger partial charge in [-0.25, -0.2) is 28.6 Å². The summed E-state index contributed by atoms with van der Waals surface area (Å²) < 4.78 is 62.4. The molecule has 0 bridgehead atoms. The molecule has 2 aromatic rings. The van der Waals surface area contributed by atoms with Crippen LogP contribution in [0.4, 0.5) is 5.82 Å². The lowest BCUT2D eigenvalue weighted by atomic mass is 9.87. The molecule has 0 radical (unpaired) electrons. The molecule has 1 aliphatic heterocycles. The molecule has 3 unspecified atom stereocenters. The van der Waals surface area contributed by atoms with Crippen molar-refractivity contribution in [1.82, 2.24) is 30.2 Å². The van der Waals surface area contributed by atoms with E-state index in [0.29, 0.717) is 5.75 Å². The molecule has 1 fully saturated rings. The molecule has 0 aliphatic carbocycles. The first kappa shape index (κ1) is 55.1. The highest BCUT2D eigenvalue weighted by atomic mass is 32.2. The summed E-state index contributed by atoms with van der Waals surface area (Å²) in [6.45, 7) is 8.60. The lowest BCUT2D eigenvalue weighted by Gasteiger charge is -2.30. The Bertz CT molecular complexity index is 2180. The van der Waals surface area contributed by atoms with Gasteiger partial charge in [-0.15, -0.1) is 0 Å². The zero-order chi connectivity index (χ0) is 48.0. The van der Waals surface area contributed by atoms with E-state index in [1.54, 1.807) is 6.08 Å². The Morgan fingerprint density at radius 1 is 0.953 bits per heavy atom. The number of aliphatic hydroxyl groups is 2. The van der Waals surface area contributed by atoms with Crippen LogP contribution in [-0.4, -0.2) is 123 Å². The third kappa shape index (κ3) is 18.6. The number of phosphoric ester groups is 3. The first-order valence-electron chi connectivity index (χ1n) is 19.7. The summed E-state index contributed by atoms with van der Waals surface area (Å²) in [7, 11) is -16.4. The van der Waals surface area contributed by atoms with E-state index in [9.17, 15) is 57.9 Å². The number of nitrogens with zero attached hydrogens (tertiary/aromatic N) is 4. The summed E-state index contributed by atoms with van der Waals surface area (Å²) in [5.74, 6) is -1.14. The summed E-state index contributed by atoms with van der Waals surface area (Å²) in [6.07, 6.45) is 2.61. The highest BCUT2D eigenvalue weighted by molar-refractivity contribution is 8.14. The number of nitrogens with two attached hydrogens (primary N) is 1. The van der Waals surface area contributed by atoms with Crippen LogP contribution in [0.1, 0.15) is 79.9 Å². The van der Waals surface area contributed by atoms with Crippen LogP contribution in [-0.2, 0) is 50.7 Å². The number of carbonyl (C=O) groups is 3. The molecule has 360 valence electrons. The molecular formula is C36H58N7O17P3S. The Kier molecular flexibility index (Phi) is 21.1. The van der Waals surface area contributed by atoms with E-state index < -0.39 is 84.6 Å². The Labute approximate surface area is 373 Å². The summed E-state index contributed by atoms with van der Waals surface area (Å²) >= 11 is 1.05. The highest BCUT2D eigenvalue weighted by Crippen LogP contribution is 2.61. The van der Waals surface area contributed by atoms with Gasteiger partial charge in [-0.1, -0.05) is 54.5 Å². The number of ether oxygens (including phenoxy) is 1. The van der Waals surface area contributed by atoms with Crippen LogP contribution < -0.4 is 16.4 Å². The number of aromatic nitrogens is 4. The summed E-state index contributed by atoms with van der Waals surface area (Å²) in [5, 5.41) is 26.4. The Morgan fingerprint density at radius 2 is 1.61 bits per heavy atom. The number of allylic oxidation sites excluding steroid dienone is 5. The van der Waals surface area contributed by atoms with Crippen LogP contribution in [0.15, 0.2) is 47.6 Å². The number of fused-ring (bicyclic) bond motifs is 1. The highest BCUT2D eigenvalue weighted by Gasteiger charge is 2.50. The van der Waals surface area contributed by atoms with Gasteiger partial charge < -0.3 is 50.9 Å². The standard InChI is InChI=1S/C36H58N7O17P3S/c1-22(2)9-7-10-23(3)11-8-12-24(4)17-27(45)64-16-15-38-26(44)13-14-39-34(48)31(47)36(5,6)19-57-63(54,55)60-62(52,53)56-18-25-30(59-61(49,50)51)29(46)35(58-25)43-21-42-28-32(37)40-20-41-33(28)43/h9,11,17,20-21,25,29-31,35,46-47H,7-8,10,12-16,18-19H2,1-6H3,(H,38,44)(H,39,48)(H,52,53)(H,54,55)(H2,37,40,41)(H2,49,50,51)/b23-11+,24-17+/t25-,29-,30-,31?,35-/m1/s1. The van der Waals surface area contributed by atoms with E-state index in [-0.39, 0.29) is 41.6 Å². The molecule has 1 saturated heterocycles. The van der Waals surface area contributed by atoms with Crippen LogP contribution in [0.5, 0.6) is 0 Å². The second-order valence-electron chi connectivity index (χ2n) is 15.6. The molecule has 1 aliphatic rings. The summed E-state index contributed by atoms with van der Waals surface area (Å²) in [5.41, 5.74) is 7.81. The zero-order valence-corrected chi connectivity index (χ0v) is 39.6. The van der Waals surface area contributed by atoms with Gasteiger partial charge in [-0.05, 0) is 59.5 Å². The molecule has 3 rings (SSSR count). The van der Waals surface area contributed by atoms with Crippen molar-refractivity contribution < 1.29 is 80.5 Å². The number of imidazole rings is 1. The predicted octanol–water partition coefficient (Wildman–Crippen LogP) is 3.08. The number of thioether (sulfide) groups is 1. The molecular weight excluding hydrogens is 927 g/mol. The van der Waals surface area contributed by atoms with Gasteiger partial charge in [0.2, 0.25) is 16.9 Å². The molecule has 64 heavy (non-hydrogen) atoms. The van der Waals surface area contributed by atoms with Gasteiger partial charge in [0.1, 0.15) is 36.3 Å². The fourth-order valence-corrected chi connectivity index (χ4v) is 9.35. The van der Waals surface area contributed by atoms with E-state index in [1.165, 1.54) is 25.0 Å². The minimum atomic E-state index is -5.58. The molecule has 2 aromatic heterocycles. The minimum Gasteiger partial charge on any atom is -0.386 e. The SMILES string of the molecule is CC(C)=CCC/C(C)=C/CC/C(C)=C/C(=O)SCCNC(=O)CCNC(=O)C(O)C(C)(C)COP(=O)(O)OP(=O)(O)OC[C@H]1O[C@@H](n2cnc3c(N)ncnc32)[C@H](O)[C@@H]1OP(=O)(O)O. The topological polar surface area (TPSA) is 364 Å². The van der Waals surface area contributed by atoms with Gasteiger partial charge in [-0.2, -0.15) is 4.31 Å². The van der Waals surface area contributed by atoms with Crippen LogP contribution in [0, 0.1) is 5.41 Å². The van der Waals surface area contributed by atoms with Crippen molar-refractivity contribution in [2.75, 3.05) is 37.8 Å². The average molecular weight is 986 g/mol. The number of amides is 2. The fraction of sp³-hybridized carbons (Fsp3) is 0.611. The maximum absolute atomic E-state index is 12.7. The first-order chi connectivity index (χ1) is 29.7. The van der Waals surface area contributed by atoms with E-state index in [4.69, 9.17) is 19.5 Å². The van der Waals surface area contributed by atoms with Crippen LogP contribution in [0.3, 0.4) is 0 Å². The molecule has 24 nitrogen and oxygen atoms in total. The summed E-state index contributed by atoms with van der Waals surface area (Å²) in [6, 6.07) is 0. The molecule has 0 saturated carbocycles. The van der Waals surface area contributed by atoms with Crippen molar-refractivity contribution in [2.45, 2.75) is 104 Å². The van der Waals surface area contributed by atoms with E-state index in [0.717, 1.165) is 60.2 Å². The maximum Gasteiger partial charge on any atom is 0.481 e. The Hall–Kier alpha value is -3.22. The van der Waals surface area contributed by atoms with Gasteiger partial charge in [0.05, 0.1) is 19.5 Å². The van der Waals surface area contributed by atoms with Crippen LogP contribution in [0.25, 0.3) is 11.2 Å². The molecule has 0 aromatic carbocycles. The largest absolute Gasteiger partial charge is 0.481 e. The van der Waals surface area contributed by atoms with E-state index in [1.807, 2.05) is 6.92 Å². The third-order valence-electron chi connectivity index (χ3n) is 9.23. The third-order valence-corrected chi connectivity index (χ3v) is 13.1. The molecule has 2 amide bonds. The maximum atomic E-state index is 12.7.